The van der Waals surface area contributed by atoms with E-state index in [1.165, 1.54) is 0 Å². The Kier molecular flexibility index (Phi) is 6.10. The molecule has 3 rings (SSSR count). The molecular weight excluding hydrogens is 380 g/mol. The van der Waals surface area contributed by atoms with Crippen LogP contribution in [0.15, 0.2) is 30.5 Å². The Hall–Kier alpha value is -3.35. The van der Waals surface area contributed by atoms with Gasteiger partial charge in [0, 0.05) is 17.0 Å². The monoisotopic (exact) mass is 408 g/mol. The van der Waals surface area contributed by atoms with E-state index >= 15 is 0 Å². The molecule has 0 saturated carbocycles. The van der Waals surface area contributed by atoms with Crippen LogP contribution < -0.4 is 5.32 Å². The van der Waals surface area contributed by atoms with Gasteiger partial charge >= 0.3 is 5.97 Å². The summed E-state index contributed by atoms with van der Waals surface area (Å²) in [6.45, 7) is 11.5. The number of nitrogens with zero attached hydrogens (tertiary/aromatic N) is 2. The molecule has 0 aliphatic heterocycles. The number of amides is 1. The van der Waals surface area contributed by atoms with Gasteiger partial charge < -0.3 is 15.0 Å². The summed E-state index contributed by atoms with van der Waals surface area (Å²) in [5.74, 6) is -0.701. The lowest BCUT2D eigenvalue weighted by atomic mass is 10.1. The quantitative estimate of drug-likeness (QED) is 0.601. The van der Waals surface area contributed by atoms with Crippen LogP contribution in [0.2, 0.25) is 0 Å². The zero-order valence-corrected chi connectivity index (χ0v) is 18.3. The Morgan fingerprint density at radius 1 is 1.20 bits per heavy atom. The number of aromatic amines is 1. The smallest absolute Gasteiger partial charge is 0.340 e. The second kappa shape index (κ2) is 8.57. The van der Waals surface area contributed by atoms with E-state index in [1.54, 1.807) is 27.0 Å². The third kappa shape index (κ3) is 3.87. The number of H-pyrrole nitrogens is 1. The van der Waals surface area contributed by atoms with Gasteiger partial charge in [0.15, 0.2) is 0 Å². The van der Waals surface area contributed by atoms with Crippen molar-refractivity contribution >= 4 is 11.9 Å². The highest BCUT2D eigenvalue weighted by Crippen LogP contribution is 2.24. The number of aryl methyl sites for hydroxylation is 2. The van der Waals surface area contributed by atoms with Crippen molar-refractivity contribution in [1.29, 1.82) is 0 Å². The minimum Gasteiger partial charge on any atom is -0.462 e. The Labute approximate surface area is 176 Å². The summed E-state index contributed by atoms with van der Waals surface area (Å²) in [5, 5.41) is 7.53. The summed E-state index contributed by atoms with van der Waals surface area (Å²) in [6.07, 6.45) is 1.78. The Bertz CT molecular complexity index is 1090. The van der Waals surface area contributed by atoms with Crippen LogP contribution in [0.25, 0.3) is 5.69 Å². The molecule has 2 aromatic heterocycles. The summed E-state index contributed by atoms with van der Waals surface area (Å²) in [6, 6.07) is 7.77. The summed E-state index contributed by atoms with van der Waals surface area (Å²) in [7, 11) is 0. The maximum Gasteiger partial charge on any atom is 0.340 e. The van der Waals surface area contributed by atoms with E-state index in [9.17, 15) is 9.59 Å². The predicted octanol–water partition coefficient (Wildman–Crippen LogP) is 4.10. The first-order valence-electron chi connectivity index (χ1n) is 10.0. The van der Waals surface area contributed by atoms with Gasteiger partial charge in [-0.3, -0.25) is 4.79 Å². The van der Waals surface area contributed by atoms with E-state index < -0.39 is 5.97 Å². The second-order valence-corrected chi connectivity index (χ2v) is 7.42. The highest BCUT2D eigenvalue weighted by molar-refractivity contribution is 6.00. The maximum atomic E-state index is 12.9. The third-order valence-corrected chi connectivity index (χ3v) is 5.35. The van der Waals surface area contributed by atoms with Crippen molar-refractivity contribution in [1.82, 2.24) is 20.1 Å². The van der Waals surface area contributed by atoms with E-state index in [0.29, 0.717) is 22.5 Å². The summed E-state index contributed by atoms with van der Waals surface area (Å²) >= 11 is 0. The molecule has 2 N–H and O–H groups in total. The van der Waals surface area contributed by atoms with Crippen molar-refractivity contribution < 1.29 is 14.3 Å². The number of hydrogen-bond acceptors (Lipinski definition) is 4. The van der Waals surface area contributed by atoms with Crippen LogP contribution in [0, 0.1) is 27.7 Å². The van der Waals surface area contributed by atoms with Crippen LogP contribution in [0.3, 0.4) is 0 Å². The lowest BCUT2D eigenvalue weighted by Gasteiger charge is -2.15. The fourth-order valence-electron chi connectivity index (χ4n) is 3.72. The SMILES string of the molecule is CCOC(=O)c1c(C)[nH]c(C(=O)N[C@H](C)c2cnn(-c3ccccc3C)c2C)c1C. The highest BCUT2D eigenvalue weighted by atomic mass is 16.5. The largest absolute Gasteiger partial charge is 0.462 e. The zero-order valence-electron chi connectivity index (χ0n) is 18.3. The van der Waals surface area contributed by atoms with E-state index in [4.69, 9.17) is 4.74 Å². The molecule has 30 heavy (non-hydrogen) atoms. The lowest BCUT2D eigenvalue weighted by Crippen LogP contribution is -2.28. The van der Waals surface area contributed by atoms with Crippen LogP contribution in [-0.4, -0.2) is 33.2 Å². The average molecular weight is 409 g/mol. The normalized spacial score (nSPS) is 11.9. The Balaban J connectivity index is 1.83. The Morgan fingerprint density at radius 3 is 2.57 bits per heavy atom. The molecule has 1 atom stereocenters. The molecule has 1 amide bonds. The number of ether oxygens (including phenoxy) is 1. The first-order valence-corrected chi connectivity index (χ1v) is 10.0. The number of nitrogens with one attached hydrogen (secondary N) is 2. The average Bonchev–Trinajstić information content (AvgIpc) is 3.21. The molecule has 1 aromatic carbocycles. The number of para-hydroxylation sites is 1. The maximum absolute atomic E-state index is 12.9. The molecule has 0 spiro atoms. The van der Waals surface area contributed by atoms with Gasteiger partial charge in [0.2, 0.25) is 0 Å². The van der Waals surface area contributed by atoms with Crippen molar-refractivity contribution in [3.05, 3.63) is 69.8 Å². The van der Waals surface area contributed by atoms with Gasteiger partial charge in [0.25, 0.3) is 5.91 Å². The first-order chi connectivity index (χ1) is 14.3. The molecule has 0 saturated heterocycles. The van der Waals surface area contributed by atoms with E-state index in [1.807, 2.05) is 49.7 Å². The number of carbonyl (C=O) groups excluding carboxylic acids is 2. The molecule has 0 aliphatic rings. The van der Waals surface area contributed by atoms with Gasteiger partial charge in [-0.05, 0) is 58.7 Å². The summed E-state index contributed by atoms with van der Waals surface area (Å²) in [4.78, 5) is 28.1. The van der Waals surface area contributed by atoms with Crippen molar-refractivity contribution in [3.8, 4) is 5.69 Å². The minimum absolute atomic E-state index is 0.260. The van der Waals surface area contributed by atoms with Crippen LogP contribution in [0.5, 0.6) is 0 Å². The molecule has 0 fully saturated rings. The fourth-order valence-corrected chi connectivity index (χ4v) is 3.72. The molecule has 0 radical (unpaired) electrons. The zero-order chi connectivity index (χ0) is 22.0. The van der Waals surface area contributed by atoms with Crippen molar-refractivity contribution in [2.45, 2.75) is 47.6 Å². The van der Waals surface area contributed by atoms with Gasteiger partial charge in [-0.2, -0.15) is 5.10 Å². The van der Waals surface area contributed by atoms with Crippen LogP contribution in [0.1, 0.15) is 68.8 Å². The lowest BCUT2D eigenvalue weighted by molar-refractivity contribution is 0.0525. The van der Waals surface area contributed by atoms with Gasteiger partial charge in [-0.15, -0.1) is 0 Å². The van der Waals surface area contributed by atoms with Crippen molar-refractivity contribution in [2.75, 3.05) is 6.61 Å². The van der Waals surface area contributed by atoms with Crippen molar-refractivity contribution in [3.63, 3.8) is 0 Å². The molecule has 0 aliphatic carbocycles. The van der Waals surface area contributed by atoms with E-state index in [2.05, 4.69) is 15.4 Å². The molecule has 7 heteroatoms. The summed E-state index contributed by atoms with van der Waals surface area (Å²) in [5.41, 5.74) is 6.01. The highest BCUT2D eigenvalue weighted by Gasteiger charge is 2.24. The summed E-state index contributed by atoms with van der Waals surface area (Å²) < 4.78 is 6.99. The molecular formula is C23H28N4O3. The van der Waals surface area contributed by atoms with Crippen molar-refractivity contribution in [2.24, 2.45) is 0 Å². The topological polar surface area (TPSA) is 89.0 Å². The van der Waals surface area contributed by atoms with Gasteiger partial charge in [-0.25, -0.2) is 9.48 Å². The standard InChI is InChI=1S/C23H28N4O3/c1-7-30-23(29)20-14(3)21(25-16(20)5)22(28)26-15(4)18-12-24-27(17(18)6)19-11-9-8-10-13(19)2/h8-12,15,25H,7H2,1-6H3,(H,26,28)/t15-/m1/s1. The second-order valence-electron chi connectivity index (χ2n) is 7.42. The minimum atomic E-state index is -0.425. The van der Waals surface area contributed by atoms with E-state index in [0.717, 1.165) is 22.5 Å². The number of benzene rings is 1. The number of carbonyl (C=O) groups is 2. The molecule has 7 nitrogen and oxygen atoms in total. The van der Waals surface area contributed by atoms with Crippen LogP contribution in [0.4, 0.5) is 0 Å². The fraction of sp³-hybridized carbons (Fsp3) is 0.348. The third-order valence-electron chi connectivity index (χ3n) is 5.35. The number of aromatic nitrogens is 3. The molecule has 158 valence electrons. The van der Waals surface area contributed by atoms with Crippen LogP contribution >= 0.6 is 0 Å². The van der Waals surface area contributed by atoms with Crippen LogP contribution in [-0.2, 0) is 4.74 Å². The van der Waals surface area contributed by atoms with Gasteiger partial charge in [-0.1, -0.05) is 18.2 Å². The molecule has 2 heterocycles. The van der Waals surface area contributed by atoms with Gasteiger partial charge in [0.05, 0.1) is 30.1 Å². The molecule has 0 bridgehead atoms. The number of rotatable bonds is 6. The molecule has 0 unspecified atom stereocenters. The predicted molar refractivity (Wildman–Crippen MR) is 115 cm³/mol. The Morgan fingerprint density at radius 2 is 1.90 bits per heavy atom. The number of hydrogen-bond donors (Lipinski definition) is 2. The first kappa shape index (κ1) is 21.4. The van der Waals surface area contributed by atoms with E-state index in [-0.39, 0.29) is 18.6 Å². The number of esters is 1. The molecule has 3 aromatic rings. The van der Waals surface area contributed by atoms with Gasteiger partial charge in [0.1, 0.15) is 5.69 Å².